The van der Waals surface area contributed by atoms with Gasteiger partial charge in [0.15, 0.2) is 5.84 Å². The van der Waals surface area contributed by atoms with Gasteiger partial charge in [0.1, 0.15) is 0 Å². The zero-order valence-corrected chi connectivity index (χ0v) is 10.7. The monoisotopic (exact) mass is 241 g/mol. The largest absolute Gasteiger partial charge is 0.409 e. The second-order valence-electron chi connectivity index (χ2n) is 4.58. The Kier molecular flexibility index (Phi) is 5.25. The highest BCUT2D eigenvalue weighted by Gasteiger charge is 2.32. The van der Waals surface area contributed by atoms with Gasteiger partial charge in [-0.1, -0.05) is 19.0 Å². The highest BCUT2D eigenvalue weighted by Crippen LogP contribution is 2.22. The van der Waals surface area contributed by atoms with E-state index >= 15 is 0 Å². The van der Waals surface area contributed by atoms with Gasteiger partial charge in [0.05, 0.1) is 6.04 Å². The number of oxime groups is 1. The lowest BCUT2D eigenvalue weighted by Gasteiger charge is -2.36. The summed E-state index contributed by atoms with van der Waals surface area (Å²) in [5, 5.41) is 11.8. The second kappa shape index (κ2) is 6.47. The molecule has 0 aromatic rings. The number of carbonyl (C=O) groups excluding carboxylic acids is 1. The Labute approximate surface area is 103 Å². The fourth-order valence-corrected chi connectivity index (χ4v) is 2.44. The molecule has 0 saturated carbocycles. The Morgan fingerprint density at radius 3 is 2.65 bits per heavy atom. The highest BCUT2D eigenvalue weighted by atomic mass is 16.4. The van der Waals surface area contributed by atoms with Crippen LogP contribution < -0.4 is 5.73 Å². The Morgan fingerprint density at radius 2 is 2.12 bits per heavy atom. The first-order valence-corrected chi connectivity index (χ1v) is 6.43. The summed E-state index contributed by atoms with van der Waals surface area (Å²) in [5.41, 5.74) is 5.67. The van der Waals surface area contributed by atoms with Crippen LogP contribution in [0.1, 0.15) is 46.0 Å². The van der Waals surface area contributed by atoms with Crippen LogP contribution in [0.4, 0.5) is 0 Å². The second-order valence-corrected chi connectivity index (χ2v) is 4.58. The average molecular weight is 241 g/mol. The molecule has 0 aromatic heterocycles. The Hall–Kier alpha value is -1.26. The van der Waals surface area contributed by atoms with E-state index in [1.807, 2.05) is 13.8 Å². The number of likely N-dealkylation sites (tertiary alicyclic amines) is 1. The van der Waals surface area contributed by atoms with Crippen LogP contribution in [0, 0.1) is 5.92 Å². The van der Waals surface area contributed by atoms with E-state index in [1.54, 1.807) is 4.90 Å². The summed E-state index contributed by atoms with van der Waals surface area (Å²) in [4.78, 5) is 14.1. The van der Waals surface area contributed by atoms with Crippen molar-refractivity contribution < 1.29 is 10.0 Å². The maximum Gasteiger partial charge on any atom is 0.226 e. The number of hydrogen-bond donors (Lipinski definition) is 2. The SMILES string of the molecule is CCC(CC)C(=O)N1CCCCC1C(N)=NO. The lowest BCUT2D eigenvalue weighted by molar-refractivity contribution is -0.138. The predicted octanol–water partition coefficient (Wildman–Crippen LogP) is 1.55. The molecule has 1 heterocycles. The standard InChI is InChI=1S/C12H23N3O2/c1-3-9(4-2)12(16)15-8-6-5-7-10(15)11(13)14-17/h9-10,17H,3-8H2,1-2H3,(H2,13,14). The van der Waals surface area contributed by atoms with E-state index < -0.39 is 0 Å². The number of piperidine rings is 1. The minimum Gasteiger partial charge on any atom is -0.409 e. The van der Waals surface area contributed by atoms with E-state index in [0.29, 0.717) is 0 Å². The fraction of sp³-hybridized carbons (Fsp3) is 0.833. The van der Waals surface area contributed by atoms with Gasteiger partial charge < -0.3 is 15.8 Å². The van der Waals surface area contributed by atoms with Crippen LogP contribution in [0.3, 0.4) is 0 Å². The van der Waals surface area contributed by atoms with Gasteiger partial charge in [0.2, 0.25) is 5.91 Å². The molecule has 1 fully saturated rings. The van der Waals surface area contributed by atoms with Gasteiger partial charge in [-0.3, -0.25) is 4.79 Å². The Bertz CT molecular complexity index is 287. The van der Waals surface area contributed by atoms with Crippen LogP contribution in [0.5, 0.6) is 0 Å². The van der Waals surface area contributed by atoms with Crippen molar-refractivity contribution in [1.82, 2.24) is 4.90 Å². The first-order valence-electron chi connectivity index (χ1n) is 6.43. The molecule has 0 aromatic carbocycles. The summed E-state index contributed by atoms with van der Waals surface area (Å²) in [6, 6.07) is -0.221. The molecule has 1 aliphatic heterocycles. The summed E-state index contributed by atoms with van der Waals surface area (Å²) in [6.07, 6.45) is 4.50. The van der Waals surface area contributed by atoms with E-state index in [0.717, 1.165) is 38.6 Å². The van der Waals surface area contributed by atoms with Crippen molar-refractivity contribution in [2.45, 2.75) is 52.0 Å². The summed E-state index contributed by atoms with van der Waals surface area (Å²) in [5.74, 6) is 0.359. The molecule has 1 amide bonds. The van der Waals surface area contributed by atoms with E-state index in [4.69, 9.17) is 10.9 Å². The van der Waals surface area contributed by atoms with Gasteiger partial charge in [0.25, 0.3) is 0 Å². The van der Waals surface area contributed by atoms with Gasteiger partial charge in [-0.2, -0.15) is 0 Å². The molecule has 1 aliphatic rings. The lowest BCUT2D eigenvalue weighted by Crippen LogP contribution is -2.52. The number of carbonyl (C=O) groups is 1. The number of rotatable bonds is 4. The molecule has 1 unspecified atom stereocenters. The van der Waals surface area contributed by atoms with E-state index in [9.17, 15) is 4.79 Å². The van der Waals surface area contributed by atoms with Gasteiger partial charge in [-0.05, 0) is 32.1 Å². The van der Waals surface area contributed by atoms with Crippen molar-refractivity contribution in [1.29, 1.82) is 0 Å². The molecule has 0 aliphatic carbocycles. The summed E-state index contributed by atoms with van der Waals surface area (Å²) in [7, 11) is 0. The molecule has 0 spiro atoms. The van der Waals surface area contributed by atoms with Crippen molar-refractivity contribution in [3.63, 3.8) is 0 Å². The van der Waals surface area contributed by atoms with Gasteiger partial charge in [-0.15, -0.1) is 0 Å². The highest BCUT2D eigenvalue weighted by molar-refractivity contribution is 5.90. The quantitative estimate of drug-likeness (QED) is 0.339. The number of amides is 1. The summed E-state index contributed by atoms with van der Waals surface area (Å²) >= 11 is 0. The molecule has 0 radical (unpaired) electrons. The van der Waals surface area contributed by atoms with Gasteiger partial charge >= 0.3 is 0 Å². The van der Waals surface area contributed by atoms with E-state index in [1.165, 1.54) is 0 Å². The molecule has 0 bridgehead atoms. The average Bonchev–Trinajstić information content (AvgIpc) is 2.39. The van der Waals surface area contributed by atoms with Crippen LogP contribution in [0.2, 0.25) is 0 Å². The molecule has 1 rings (SSSR count). The molecular weight excluding hydrogens is 218 g/mol. The van der Waals surface area contributed by atoms with E-state index in [-0.39, 0.29) is 23.7 Å². The Morgan fingerprint density at radius 1 is 1.47 bits per heavy atom. The molecule has 1 atom stereocenters. The van der Waals surface area contributed by atoms with Crippen LogP contribution in [-0.4, -0.2) is 34.4 Å². The smallest absolute Gasteiger partial charge is 0.226 e. The van der Waals surface area contributed by atoms with Crippen LogP contribution in [-0.2, 0) is 4.79 Å². The van der Waals surface area contributed by atoms with Gasteiger partial charge in [0, 0.05) is 12.5 Å². The zero-order valence-electron chi connectivity index (χ0n) is 10.7. The van der Waals surface area contributed by atoms with Crippen molar-refractivity contribution in [3.8, 4) is 0 Å². The third kappa shape index (κ3) is 3.11. The lowest BCUT2D eigenvalue weighted by atomic mass is 9.96. The van der Waals surface area contributed by atoms with Crippen molar-refractivity contribution in [2.75, 3.05) is 6.54 Å². The van der Waals surface area contributed by atoms with Crippen molar-refractivity contribution in [2.24, 2.45) is 16.8 Å². The molecule has 5 heteroatoms. The normalized spacial score (nSPS) is 21.9. The van der Waals surface area contributed by atoms with Crippen LogP contribution in [0.15, 0.2) is 5.16 Å². The molecule has 17 heavy (non-hydrogen) atoms. The third-order valence-corrected chi connectivity index (χ3v) is 3.58. The zero-order chi connectivity index (χ0) is 12.8. The number of nitrogens with two attached hydrogens (primary N) is 1. The number of amidine groups is 1. The first-order chi connectivity index (χ1) is 8.15. The minimum atomic E-state index is -0.221. The molecule has 5 nitrogen and oxygen atoms in total. The minimum absolute atomic E-state index is 0.0575. The number of nitrogens with zero attached hydrogens (tertiary/aromatic N) is 2. The molecule has 98 valence electrons. The van der Waals surface area contributed by atoms with Crippen LogP contribution in [0.25, 0.3) is 0 Å². The van der Waals surface area contributed by atoms with Gasteiger partial charge in [-0.25, -0.2) is 0 Å². The fourth-order valence-electron chi connectivity index (χ4n) is 2.44. The van der Waals surface area contributed by atoms with E-state index in [2.05, 4.69) is 5.16 Å². The third-order valence-electron chi connectivity index (χ3n) is 3.58. The maximum absolute atomic E-state index is 12.3. The van der Waals surface area contributed by atoms with Crippen molar-refractivity contribution in [3.05, 3.63) is 0 Å². The molecule has 3 N–H and O–H groups in total. The molecular formula is C12H23N3O2. The Balaban J connectivity index is 2.80. The summed E-state index contributed by atoms with van der Waals surface area (Å²) < 4.78 is 0. The molecule has 1 saturated heterocycles. The van der Waals surface area contributed by atoms with Crippen molar-refractivity contribution >= 4 is 11.7 Å². The first kappa shape index (κ1) is 13.8. The summed E-state index contributed by atoms with van der Waals surface area (Å²) in [6.45, 7) is 4.76. The topological polar surface area (TPSA) is 78.9 Å². The maximum atomic E-state index is 12.3. The van der Waals surface area contributed by atoms with Crippen LogP contribution >= 0.6 is 0 Å². The number of hydrogen-bond acceptors (Lipinski definition) is 3. The predicted molar refractivity (Wildman–Crippen MR) is 66.8 cm³/mol.